The second-order valence-corrected chi connectivity index (χ2v) is 13.5. The van der Waals surface area contributed by atoms with Gasteiger partial charge in [-0.1, -0.05) is 45.1 Å². The van der Waals surface area contributed by atoms with Crippen LogP contribution in [-0.4, -0.2) is 75.9 Å². The van der Waals surface area contributed by atoms with Crippen molar-refractivity contribution in [1.82, 2.24) is 14.2 Å². The Morgan fingerprint density at radius 3 is 2.16 bits per heavy atom. The van der Waals surface area contributed by atoms with E-state index in [9.17, 15) is 13.2 Å². The maximum atomic E-state index is 13.7. The van der Waals surface area contributed by atoms with Crippen molar-refractivity contribution in [3.8, 4) is 5.75 Å². The van der Waals surface area contributed by atoms with Gasteiger partial charge in [-0.25, -0.2) is 13.4 Å². The first-order chi connectivity index (χ1) is 17.9. The number of thiazole rings is 1. The van der Waals surface area contributed by atoms with Gasteiger partial charge in [-0.3, -0.25) is 9.69 Å². The molecule has 0 aliphatic carbocycles. The highest BCUT2D eigenvalue weighted by Crippen LogP contribution is 2.35. The van der Waals surface area contributed by atoms with Gasteiger partial charge in [-0.05, 0) is 75.3 Å². The molecule has 0 atom stereocenters. The summed E-state index contributed by atoms with van der Waals surface area (Å²) >= 11 is 1.44. The van der Waals surface area contributed by atoms with E-state index in [1.807, 2.05) is 60.0 Å². The molecule has 0 spiro atoms. The Morgan fingerprint density at radius 1 is 0.974 bits per heavy atom. The van der Waals surface area contributed by atoms with Gasteiger partial charge in [0.15, 0.2) is 5.13 Å². The zero-order valence-electron chi connectivity index (χ0n) is 23.5. The first kappa shape index (κ1) is 30.0. The first-order valence-electron chi connectivity index (χ1n) is 12.9. The number of anilines is 1. The van der Waals surface area contributed by atoms with Crippen molar-refractivity contribution >= 4 is 42.6 Å². The largest absolute Gasteiger partial charge is 0.494 e. The summed E-state index contributed by atoms with van der Waals surface area (Å²) in [5, 5.41) is 0.588. The van der Waals surface area contributed by atoms with E-state index in [1.165, 1.54) is 23.5 Å². The molecule has 0 saturated carbocycles. The summed E-state index contributed by atoms with van der Waals surface area (Å²) in [7, 11) is 1.92. The van der Waals surface area contributed by atoms with Crippen LogP contribution in [0, 0.1) is 11.8 Å². The van der Waals surface area contributed by atoms with Gasteiger partial charge in [0.25, 0.3) is 5.91 Å². The lowest BCUT2D eigenvalue weighted by molar-refractivity contribution is 0.0986. The Morgan fingerprint density at radius 2 is 1.61 bits per heavy atom. The smallest absolute Gasteiger partial charge is 0.260 e. The number of carbonyl (C=O) groups is 1. The number of rotatable bonds is 13. The van der Waals surface area contributed by atoms with Crippen LogP contribution in [-0.2, 0) is 10.0 Å². The highest BCUT2D eigenvalue weighted by Gasteiger charge is 2.27. The molecular formula is C28H40N4O4S2. The third-order valence-electron chi connectivity index (χ3n) is 5.93. The van der Waals surface area contributed by atoms with Gasteiger partial charge >= 0.3 is 0 Å². The molecule has 0 radical (unpaired) electrons. The van der Waals surface area contributed by atoms with Crippen molar-refractivity contribution in [2.75, 3.05) is 52.3 Å². The van der Waals surface area contributed by atoms with Crippen LogP contribution in [0.4, 0.5) is 5.13 Å². The van der Waals surface area contributed by atoms with Crippen LogP contribution >= 0.6 is 11.3 Å². The van der Waals surface area contributed by atoms with Crippen LogP contribution in [0.3, 0.4) is 0 Å². The molecule has 8 nitrogen and oxygen atoms in total. The number of nitrogens with zero attached hydrogens (tertiary/aromatic N) is 4. The summed E-state index contributed by atoms with van der Waals surface area (Å²) in [5.74, 6) is 0.847. The average Bonchev–Trinajstić information content (AvgIpc) is 3.29. The molecule has 38 heavy (non-hydrogen) atoms. The number of para-hydroxylation sites is 1. The van der Waals surface area contributed by atoms with Crippen LogP contribution in [0.1, 0.15) is 44.5 Å². The minimum absolute atomic E-state index is 0.194. The molecule has 2 aromatic carbocycles. The van der Waals surface area contributed by atoms with Gasteiger partial charge in [-0.2, -0.15) is 4.31 Å². The molecular weight excluding hydrogens is 520 g/mol. The standard InChI is InChI=1S/C28H40N4O4S2/c1-20(2)18-31(19-21(3)4)38(34,35)23-14-12-22(13-15-23)27(33)32(17-9-16-30(5)6)28-29-26-24(36-7)10-8-11-25(26)37-28/h8,10-15,20-21H,9,16-19H2,1-7H3. The minimum atomic E-state index is -3.68. The third-order valence-corrected chi connectivity index (χ3v) is 8.82. The van der Waals surface area contributed by atoms with Gasteiger partial charge in [0, 0.05) is 25.2 Å². The van der Waals surface area contributed by atoms with Crippen molar-refractivity contribution in [3.63, 3.8) is 0 Å². The van der Waals surface area contributed by atoms with Crippen LogP contribution in [0.2, 0.25) is 0 Å². The van der Waals surface area contributed by atoms with Crippen molar-refractivity contribution in [3.05, 3.63) is 48.0 Å². The van der Waals surface area contributed by atoms with Crippen molar-refractivity contribution in [2.45, 2.75) is 39.0 Å². The van der Waals surface area contributed by atoms with Gasteiger partial charge in [0.2, 0.25) is 10.0 Å². The topological polar surface area (TPSA) is 83.0 Å². The van der Waals surface area contributed by atoms with Crippen LogP contribution in [0.25, 0.3) is 10.2 Å². The molecule has 1 amide bonds. The highest BCUT2D eigenvalue weighted by atomic mass is 32.2. The molecule has 0 aliphatic heterocycles. The fourth-order valence-corrected chi connectivity index (χ4v) is 6.96. The first-order valence-corrected chi connectivity index (χ1v) is 15.2. The fraction of sp³-hybridized carbons (Fsp3) is 0.500. The summed E-state index contributed by atoms with van der Waals surface area (Å²) < 4.78 is 34.8. The van der Waals surface area contributed by atoms with Gasteiger partial charge in [0.05, 0.1) is 16.7 Å². The maximum Gasteiger partial charge on any atom is 0.260 e. The second-order valence-electron chi connectivity index (χ2n) is 10.6. The minimum Gasteiger partial charge on any atom is -0.494 e. The number of fused-ring (bicyclic) bond motifs is 1. The van der Waals surface area contributed by atoms with Crippen LogP contribution < -0.4 is 9.64 Å². The molecule has 0 N–H and O–H groups in total. The molecule has 0 bridgehead atoms. The molecule has 1 heterocycles. The molecule has 0 unspecified atom stereocenters. The van der Waals surface area contributed by atoms with E-state index in [4.69, 9.17) is 9.72 Å². The number of aromatic nitrogens is 1. The fourth-order valence-electron chi connectivity index (χ4n) is 4.18. The quantitative estimate of drug-likeness (QED) is 0.286. The lowest BCUT2D eigenvalue weighted by atomic mass is 10.2. The summed E-state index contributed by atoms with van der Waals surface area (Å²) in [4.78, 5) is 22.4. The zero-order valence-corrected chi connectivity index (χ0v) is 25.1. The number of benzene rings is 2. The summed E-state index contributed by atoms with van der Waals surface area (Å²) in [6.45, 7) is 10.2. The number of hydrogen-bond donors (Lipinski definition) is 0. The van der Waals surface area contributed by atoms with Crippen molar-refractivity contribution in [2.24, 2.45) is 11.8 Å². The molecule has 10 heteroatoms. The summed E-state index contributed by atoms with van der Waals surface area (Å²) in [6, 6.07) is 12.0. The normalized spacial score (nSPS) is 12.3. The Kier molecular flexibility index (Phi) is 10.3. The van der Waals surface area contributed by atoms with E-state index in [1.54, 1.807) is 28.4 Å². The molecule has 0 fully saturated rings. The van der Waals surface area contributed by atoms with E-state index in [0.717, 1.165) is 23.2 Å². The van der Waals surface area contributed by atoms with E-state index in [-0.39, 0.29) is 22.6 Å². The number of amides is 1. The van der Waals surface area contributed by atoms with Gasteiger partial charge < -0.3 is 9.64 Å². The van der Waals surface area contributed by atoms with E-state index >= 15 is 0 Å². The third kappa shape index (κ3) is 7.31. The molecule has 1 aromatic heterocycles. The van der Waals surface area contributed by atoms with Crippen molar-refractivity contribution in [1.29, 1.82) is 0 Å². The number of carbonyl (C=O) groups excluding carboxylic acids is 1. The monoisotopic (exact) mass is 560 g/mol. The van der Waals surface area contributed by atoms with E-state index in [0.29, 0.717) is 36.1 Å². The Bertz CT molecular complexity index is 1310. The number of ether oxygens (including phenoxy) is 1. The Hall–Kier alpha value is -2.53. The number of sulfonamides is 1. The lowest BCUT2D eigenvalue weighted by Gasteiger charge is -2.26. The molecule has 3 aromatic rings. The highest BCUT2D eigenvalue weighted by molar-refractivity contribution is 7.89. The lowest BCUT2D eigenvalue weighted by Crippen LogP contribution is -2.37. The molecule has 0 aliphatic rings. The van der Waals surface area contributed by atoms with Crippen LogP contribution in [0.15, 0.2) is 47.4 Å². The number of hydrogen-bond acceptors (Lipinski definition) is 7. The predicted molar refractivity (Wildman–Crippen MR) is 156 cm³/mol. The maximum absolute atomic E-state index is 13.7. The summed E-state index contributed by atoms with van der Waals surface area (Å²) in [5.41, 5.74) is 1.14. The van der Waals surface area contributed by atoms with Crippen LogP contribution in [0.5, 0.6) is 5.75 Å². The average molecular weight is 561 g/mol. The summed E-state index contributed by atoms with van der Waals surface area (Å²) in [6.07, 6.45) is 0.762. The van der Waals surface area contributed by atoms with E-state index < -0.39 is 10.0 Å². The van der Waals surface area contributed by atoms with E-state index in [2.05, 4.69) is 4.90 Å². The zero-order chi connectivity index (χ0) is 28.0. The van der Waals surface area contributed by atoms with Gasteiger partial charge in [0.1, 0.15) is 11.3 Å². The second kappa shape index (κ2) is 13.0. The van der Waals surface area contributed by atoms with Crippen molar-refractivity contribution < 1.29 is 17.9 Å². The number of methoxy groups -OCH3 is 1. The molecule has 0 saturated heterocycles. The molecule has 3 rings (SSSR count). The molecule has 208 valence electrons. The Balaban J connectivity index is 1.93. The predicted octanol–water partition coefficient (Wildman–Crippen LogP) is 5.21. The SMILES string of the molecule is COc1cccc2sc(N(CCCN(C)C)C(=O)c3ccc(S(=O)(=O)N(CC(C)C)CC(C)C)cc3)nc12. The Labute approximate surface area is 231 Å². The van der Waals surface area contributed by atoms with Gasteiger partial charge in [-0.15, -0.1) is 0 Å².